The Hall–Kier alpha value is -1.87. The van der Waals surface area contributed by atoms with Gasteiger partial charge in [-0.05, 0) is 0 Å². The number of phenolic OH excluding ortho intramolecular Hbond substituents is 1. The number of aromatic hydroxyl groups is 1. The van der Waals surface area contributed by atoms with Crippen molar-refractivity contribution in [2.75, 3.05) is 20.0 Å². The second-order valence-corrected chi connectivity index (χ2v) is 7.37. The summed E-state index contributed by atoms with van der Waals surface area (Å²) >= 11 is -4.86. The number of halogens is 1. The predicted molar refractivity (Wildman–Crippen MR) is 97.2 cm³/mol. The Morgan fingerprint density at radius 1 is 0.880 bits per heavy atom. The van der Waals surface area contributed by atoms with Crippen molar-refractivity contribution >= 4 is 48.0 Å². The number of hydrogen-bond acceptors (Lipinski definition) is 7. The molecule has 0 atom stereocenters. The molecule has 0 fully saturated rings. The number of hydrogen-bond donors (Lipinski definition) is 6. The van der Waals surface area contributed by atoms with E-state index in [4.69, 9.17) is 24.1 Å². The minimum absolute atomic E-state index is 0. The summed E-state index contributed by atoms with van der Waals surface area (Å²) in [6.07, 6.45) is 0. The molecule has 0 radical (unpaired) electrons. The van der Waals surface area contributed by atoms with Crippen LogP contribution in [0.5, 0.6) is 5.75 Å². The van der Waals surface area contributed by atoms with Crippen LogP contribution in [0.3, 0.4) is 0 Å². The summed E-state index contributed by atoms with van der Waals surface area (Å²) in [5, 5.41) is 31.1. The summed E-state index contributed by atoms with van der Waals surface area (Å²) in [6.45, 7) is 0. The molecule has 0 saturated carbocycles. The first kappa shape index (κ1) is 25.4. The van der Waals surface area contributed by atoms with Crippen molar-refractivity contribution in [3.8, 4) is 5.75 Å². The first-order valence-corrected chi connectivity index (χ1v) is 9.80. The number of nitrogens with zero attached hydrogens (tertiary/aromatic N) is 2. The van der Waals surface area contributed by atoms with Gasteiger partial charge in [-0.3, -0.25) is 0 Å². The number of aliphatic hydroxyl groups excluding tert-OH is 2. The molecule has 0 aliphatic carbocycles. The summed E-state index contributed by atoms with van der Waals surface area (Å²) in [5.74, 6) is -0.0304. The summed E-state index contributed by atoms with van der Waals surface area (Å²) in [6, 6.07) is 9.97. The van der Waals surface area contributed by atoms with Gasteiger partial charge in [0.15, 0.2) is 0 Å². The Morgan fingerprint density at radius 3 is 1.76 bits per heavy atom. The molecule has 0 aliphatic rings. The Labute approximate surface area is 153 Å². The average molecular weight is 438 g/mol. The van der Waals surface area contributed by atoms with E-state index in [-0.39, 0.29) is 28.2 Å². The summed E-state index contributed by atoms with van der Waals surface area (Å²) in [5.41, 5.74) is 6.63. The first-order valence-electron chi connectivity index (χ1n) is 6.42. The van der Waals surface area contributed by atoms with Gasteiger partial charge in [0.2, 0.25) is 0 Å². The Kier molecular flexibility index (Phi) is 12.7. The SMILES string of the molecule is CO.CO.Cl.Nc1cc(N=Nc2ccc([As](=O)(O)O)cc2)ccc1O. The summed E-state index contributed by atoms with van der Waals surface area (Å²) in [4.78, 5) is 0. The monoisotopic (exact) mass is 437 g/mol. The average Bonchev–Trinajstić information content (AvgIpc) is 2.59. The van der Waals surface area contributed by atoms with Crippen LogP contribution in [0.1, 0.15) is 0 Å². The fourth-order valence-corrected chi connectivity index (χ4v) is 2.56. The molecule has 0 bridgehead atoms. The molecular formula is C14H21AsClN3O6. The molecule has 2 aromatic rings. The molecule has 2 rings (SSSR count). The fraction of sp³-hybridized carbons (Fsp3) is 0.143. The number of anilines is 1. The number of rotatable bonds is 3. The number of phenols is 1. The van der Waals surface area contributed by atoms with E-state index < -0.39 is 14.2 Å². The molecular weight excluding hydrogens is 417 g/mol. The van der Waals surface area contributed by atoms with E-state index in [2.05, 4.69) is 10.2 Å². The third kappa shape index (κ3) is 8.69. The van der Waals surface area contributed by atoms with Gasteiger partial charge in [0.1, 0.15) is 0 Å². The molecule has 0 amide bonds. The van der Waals surface area contributed by atoms with E-state index in [0.29, 0.717) is 11.4 Å². The summed E-state index contributed by atoms with van der Waals surface area (Å²) in [7, 11) is 2.00. The number of nitrogen functional groups attached to an aromatic ring is 1. The van der Waals surface area contributed by atoms with Crippen LogP contribution >= 0.6 is 12.4 Å². The van der Waals surface area contributed by atoms with Crippen molar-refractivity contribution in [3.05, 3.63) is 42.5 Å². The normalized spacial score (nSPS) is 10.0. The van der Waals surface area contributed by atoms with Gasteiger partial charge in [0, 0.05) is 14.2 Å². The van der Waals surface area contributed by atoms with Crippen molar-refractivity contribution < 1.29 is 27.3 Å². The Balaban J connectivity index is 0. The zero-order valence-electron chi connectivity index (χ0n) is 13.5. The van der Waals surface area contributed by atoms with Crippen LogP contribution in [0, 0.1) is 0 Å². The maximum absolute atomic E-state index is 11.1. The number of azo groups is 1. The molecule has 25 heavy (non-hydrogen) atoms. The van der Waals surface area contributed by atoms with Gasteiger partial charge in [-0.1, -0.05) is 0 Å². The van der Waals surface area contributed by atoms with Crippen molar-refractivity contribution in [1.82, 2.24) is 0 Å². The molecule has 0 unspecified atom stereocenters. The molecule has 140 valence electrons. The molecule has 0 aliphatic heterocycles. The van der Waals surface area contributed by atoms with Gasteiger partial charge in [0.25, 0.3) is 0 Å². The predicted octanol–water partition coefficient (Wildman–Crippen LogP) is 0.590. The zero-order chi connectivity index (χ0) is 18.8. The van der Waals surface area contributed by atoms with Crippen LogP contribution in [-0.2, 0) is 3.74 Å². The third-order valence-corrected chi connectivity index (χ3v) is 4.52. The third-order valence-electron chi connectivity index (χ3n) is 2.48. The van der Waals surface area contributed by atoms with Crippen molar-refractivity contribution in [2.24, 2.45) is 10.2 Å². The van der Waals surface area contributed by atoms with Gasteiger partial charge in [-0.2, -0.15) is 0 Å². The van der Waals surface area contributed by atoms with Crippen LogP contribution in [-0.4, -0.2) is 51.9 Å². The molecule has 0 aromatic heterocycles. The maximum atomic E-state index is 11.1. The molecule has 11 heteroatoms. The van der Waals surface area contributed by atoms with Gasteiger partial charge in [0.05, 0.1) is 0 Å². The Morgan fingerprint density at radius 2 is 1.32 bits per heavy atom. The van der Waals surface area contributed by atoms with Crippen LogP contribution in [0.4, 0.5) is 17.1 Å². The number of benzene rings is 2. The number of nitrogens with two attached hydrogens (primary N) is 1. The molecule has 9 nitrogen and oxygen atoms in total. The van der Waals surface area contributed by atoms with Crippen LogP contribution in [0.15, 0.2) is 52.7 Å². The zero-order valence-corrected chi connectivity index (χ0v) is 16.2. The van der Waals surface area contributed by atoms with Crippen molar-refractivity contribution in [2.45, 2.75) is 0 Å². The molecule has 0 saturated heterocycles. The van der Waals surface area contributed by atoms with Gasteiger partial charge >= 0.3 is 117 Å². The standard InChI is InChI=1S/C12H12AsN3O4.2CH4O.ClH/c14-11-7-10(5-6-12(11)17)16-15-9-3-1-8(2-4-9)13(18,19)20;2*1-2;/h1-7,17H,14H2,(H2,18,19,20);2*2H,1H3;1H. The van der Waals surface area contributed by atoms with E-state index in [9.17, 15) is 8.85 Å². The first-order chi connectivity index (χ1) is 11.4. The minimum atomic E-state index is -4.86. The van der Waals surface area contributed by atoms with Crippen LogP contribution < -0.4 is 10.1 Å². The fourth-order valence-electron chi connectivity index (χ4n) is 1.43. The van der Waals surface area contributed by atoms with Crippen LogP contribution in [0.25, 0.3) is 0 Å². The van der Waals surface area contributed by atoms with Gasteiger partial charge < -0.3 is 10.2 Å². The molecule has 2 aromatic carbocycles. The Bertz CT molecular complexity index is 706. The molecule has 0 spiro atoms. The quantitative estimate of drug-likeness (QED) is 0.177. The van der Waals surface area contributed by atoms with Gasteiger partial charge in [-0.25, -0.2) is 0 Å². The number of aliphatic hydroxyl groups is 2. The summed E-state index contributed by atoms with van der Waals surface area (Å²) < 4.78 is 29.1. The van der Waals surface area contributed by atoms with E-state index >= 15 is 0 Å². The van der Waals surface area contributed by atoms with E-state index in [1.807, 2.05) is 0 Å². The van der Waals surface area contributed by atoms with E-state index in [1.54, 1.807) is 6.07 Å². The van der Waals surface area contributed by atoms with Gasteiger partial charge in [-0.15, -0.1) is 12.4 Å². The van der Waals surface area contributed by atoms with Crippen molar-refractivity contribution in [1.29, 1.82) is 0 Å². The van der Waals surface area contributed by atoms with E-state index in [0.717, 1.165) is 14.2 Å². The topological polar surface area (TPSA) is 169 Å². The molecule has 7 N–H and O–H groups in total. The van der Waals surface area contributed by atoms with Crippen LogP contribution in [0.2, 0.25) is 0 Å². The molecule has 0 heterocycles. The van der Waals surface area contributed by atoms with Crippen molar-refractivity contribution in [3.63, 3.8) is 0 Å². The second-order valence-electron chi connectivity index (χ2n) is 4.00. The van der Waals surface area contributed by atoms with E-state index in [1.165, 1.54) is 36.4 Å². The second kappa shape index (κ2) is 12.5.